The van der Waals surface area contributed by atoms with Gasteiger partial charge in [0.2, 0.25) is 0 Å². The van der Waals surface area contributed by atoms with Gasteiger partial charge >= 0.3 is 0 Å². The molecule has 0 unspecified atom stereocenters. The van der Waals surface area contributed by atoms with Crippen LogP contribution in [0.2, 0.25) is 10.0 Å². The fourth-order valence-corrected chi connectivity index (χ4v) is 2.93. The lowest BCUT2D eigenvalue weighted by atomic mass is 10.2. The number of hydrogen-bond acceptors (Lipinski definition) is 1. The van der Waals surface area contributed by atoms with Crippen molar-refractivity contribution in [3.63, 3.8) is 0 Å². The van der Waals surface area contributed by atoms with E-state index in [-0.39, 0.29) is 11.7 Å². The summed E-state index contributed by atoms with van der Waals surface area (Å²) in [6.07, 6.45) is 0. The lowest BCUT2D eigenvalue weighted by Crippen LogP contribution is -1.99. The highest BCUT2D eigenvalue weighted by molar-refractivity contribution is 9.10. The van der Waals surface area contributed by atoms with Gasteiger partial charge in [0.1, 0.15) is 11.6 Å². The van der Waals surface area contributed by atoms with Crippen LogP contribution in [0, 0.1) is 5.82 Å². The fourth-order valence-electron chi connectivity index (χ4n) is 2.12. The molecule has 3 rings (SSSR count). The molecule has 0 saturated heterocycles. The summed E-state index contributed by atoms with van der Waals surface area (Å²) < 4.78 is 15.8. The number of alkyl halides is 1. The minimum absolute atomic E-state index is 0.189. The van der Waals surface area contributed by atoms with E-state index in [9.17, 15) is 4.39 Å². The van der Waals surface area contributed by atoms with Crippen LogP contribution in [0.25, 0.3) is 16.7 Å². The molecule has 2 nitrogen and oxygen atoms in total. The molecule has 0 bridgehead atoms. The highest BCUT2D eigenvalue weighted by Gasteiger charge is 2.15. The molecule has 7 heteroatoms. The Kier molecular flexibility index (Phi) is 4.14. The number of rotatable bonds is 2. The van der Waals surface area contributed by atoms with Crippen LogP contribution in [0.1, 0.15) is 5.82 Å². The maximum atomic E-state index is 13.6. The van der Waals surface area contributed by atoms with E-state index in [0.29, 0.717) is 25.9 Å². The van der Waals surface area contributed by atoms with Crippen molar-refractivity contribution in [2.24, 2.45) is 0 Å². The smallest absolute Gasteiger partial charge is 0.139 e. The highest BCUT2D eigenvalue weighted by atomic mass is 79.9. The molecule has 0 radical (unpaired) electrons. The molecule has 2 aromatic carbocycles. The molecule has 0 spiro atoms. The molecular weight excluding hydrogens is 401 g/mol. The van der Waals surface area contributed by atoms with Crippen LogP contribution in [-0.4, -0.2) is 9.55 Å². The van der Waals surface area contributed by atoms with Gasteiger partial charge in [-0.3, -0.25) is 4.57 Å². The fraction of sp³-hybridized carbons (Fsp3) is 0.0714. The monoisotopic (exact) mass is 406 g/mol. The lowest BCUT2D eigenvalue weighted by Gasteiger charge is -2.09. The van der Waals surface area contributed by atoms with E-state index < -0.39 is 0 Å². The van der Waals surface area contributed by atoms with Gasteiger partial charge in [-0.2, -0.15) is 0 Å². The molecule has 0 aliphatic carbocycles. The van der Waals surface area contributed by atoms with Gasteiger partial charge in [0, 0.05) is 11.8 Å². The SMILES string of the molecule is Fc1cc2nc(CCl)n(-c3ccc(Cl)c(Cl)c3)c2cc1Br. The van der Waals surface area contributed by atoms with E-state index in [1.165, 1.54) is 6.07 Å². The largest absolute Gasteiger partial charge is 0.295 e. The second kappa shape index (κ2) is 5.76. The second-order valence-corrected chi connectivity index (χ2v) is 6.29. The van der Waals surface area contributed by atoms with Crippen LogP contribution in [0.4, 0.5) is 4.39 Å². The van der Waals surface area contributed by atoms with Crippen molar-refractivity contribution in [2.75, 3.05) is 0 Å². The van der Waals surface area contributed by atoms with Gasteiger partial charge < -0.3 is 0 Å². The molecule has 0 fully saturated rings. The third kappa shape index (κ3) is 2.66. The minimum Gasteiger partial charge on any atom is -0.295 e. The summed E-state index contributed by atoms with van der Waals surface area (Å²) in [4.78, 5) is 4.36. The average Bonchev–Trinajstić information content (AvgIpc) is 2.80. The molecular formula is C14H7BrCl3FN2. The van der Waals surface area contributed by atoms with Crippen molar-refractivity contribution in [1.82, 2.24) is 9.55 Å². The van der Waals surface area contributed by atoms with Gasteiger partial charge in [-0.1, -0.05) is 23.2 Å². The van der Waals surface area contributed by atoms with Crippen molar-refractivity contribution < 1.29 is 4.39 Å². The van der Waals surface area contributed by atoms with Crippen molar-refractivity contribution in [3.8, 4) is 5.69 Å². The van der Waals surface area contributed by atoms with Gasteiger partial charge in [-0.15, -0.1) is 11.6 Å². The zero-order valence-electron chi connectivity index (χ0n) is 10.4. The Morgan fingerprint density at radius 1 is 1.14 bits per heavy atom. The van der Waals surface area contributed by atoms with E-state index in [0.717, 1.165) is 11.2 Å². The first-order valence-electron chi connectivity index (χ1n) is 5.89. The zero-order chi connectivity index (χ0) is 15.1. The van der Waals surface area contributed by atoms with Gasteiger partial charge in [0.15, 0.2) is 0 Å². The average molecular weight is 408 g/mol. The third-order valence-electron chi connectivity index (χ3n) is 3.05. The Hall–Kier alpha value is -0.810. The van der Waals surface area contributed by atoms with Crippen molar-refractivity contribution in [1.29, 1.82) is 0 Å². The van der Waals surface area contributed by atoms with Crippen LogP contribution in [0.3, 0.4) is 0 Å². The van der Waals surface area contributed by atoms with Crippen LogP contribution >= 0.6 is 50.7 Å². The van der Waals surface area contributed by atoms with Gasteiger partial charge in [-0.25, -0.2) is 9.37 Å². The topological polar surface area (TPSA) is 17.8 Å². The van der Waals surface area contributed by atoms with E-state index in [1.807, 2.05) is 10.6 Å². The van der Waals surface area contributed by atoms with E-state index in [1.54, 1.807) is 18.2 Å². The standard InChI is InChI=1S/C14H7BrCl3FN2/c15-8-4-13-12(5-11(8)19)20-14(6-16)21(13)7-1-2-9(17)10(18)3-7/h1-5H,6H2. The summed E-state index contributed by atoms with van der Waals surface area (Å²) in [6, 6.07) is 8.25. The molecule has 0 atom stereocenters. The van der Waals surface area contributed by atoms with E-state index in [4.69, 9.17) is 34.8 Å². The first kappa shape index (κ1) is 15.1. The first-order valence-corrected chi connectivity index (χ1v) is 7.97. The normalized spacial score (nSPS) is 11.3. The maximum Gasteiger partial charge on any atom is 0.139 e. The minimum atomic E-state index is -0.373. The Bertz CT molecular complexity index is 848. The number of hydrogen-bond donors (Lipinski definition) is 0. The maximum absolute atomic E-state index is 13.6. The number of aromatic nitrogens is 2. The summed E-state index contributed by atoms with van der Waals surface area (Å²) in [6.45, 7) is 0. The molecule has 3 aromatic rings. The van der Waals surface area contributed by atoms with Gasteiger partial charge in [-0.05, 0) is 40.2 Å². The summed E-state index contributed by atoms with van der Waals surface area (Å²) in [5, 5.41) is 0.891. The van der Waals surface area contributed by atoms with Crippen LogP contribution in [0.15, 0.2) is 34.8 Å². The summed E-state index contributed by atoms with van der Waals surface area (Å²) >= 11 is 21.1. The van der Waals surface area contributed by atoms with Crippen LogP contribution < -0.4 is 0 Å². The summed E-state index contributed by atoms with van der Waals surface area (Å²) in [5.41, 5.74) is 2.02. The Morgan fingerprint density at radius 2 is 1.90 bits per heavy atom. The molecule has 0 aliphatic rings. The summed E-state index contributed by atoms with van der Waals surface area (Å²) in [7, 11) is 0. The van der Waals surface area contributed by atoms with Gasteiger partial charge in [0.05, 0.1) is 31.4 Å². The molecule has 108 valence electrons. The second-order valence-electron chi connectivity index (χ2n) is 4.35. The molecule has 0 saturated carbocycles. The van der Waals surface area contributed by atoms with Crippen molar-refractivity contribution in [2.45, 2.75) is 5.88 Å². The predicted octanol–water partition coefficient (Wildman–Crippen LogP) is 5.97. The Balaban J connectivity index is 2.34. The number of benzene rings is 2. The lowest BCUT2D eigenvalue weighted by molar-refractivity contribution is 0.623. The molecule has 0 aliphatic heterocycles. The highest BCUT2D eigenvalue weighted by Crippen LogP contribution is 2.30. The zero-order valence-corrected chi connectivity index (χ0v) is 14.2. The van der Waals surface area contributed by atoms with Gasteiger partial charge in [0.25, 0.3) is 0 Å². The molecule has 1 heterocycles. The molecule has 0 N–H and O–H groups in total. The van der Waals surface area contributed by atoms with E-state index in [2.05, 4.69) is 20.9 Å². The quantitative estimate of drug-likeness (QED) is 0.478. The first-order chi connectivity index (χ1) is 10.0. The third-order valence-corrected chi connectivity index (χ3v) is 4.63. The summed E-state index contributed by atoms with van der Waals surface area (Å²) in [5.74, 6) is 0.415. The van der Waals surface area contributed by atoms with E-state index >= 15 is 0 Å². The molecule has 1 aromatic heterocycles. The van der Waals surface area contributed by atoms with Crippen molar-refractivity contribution >= 4 is 61.8 Å². The number of imidazole rings is 1. The Morgan fingerprint density at radius 3 is 2.57 bits per heavy atom. The van der Waals surface area contributed by atoms with Crippen molar-refractivity contribution in [3.05, 3.63) is 56.5 Å². The number of fused-ring (bicyclic) bond motifs is 1. The Labute approximate surface area is 143 Å². The molecule has 0 amide bonds. The number of halogens is 5. The predicted molar refractivity (Wildman–Crippen MR) is 88.3 cm³/mol. The molecule has 21 heavy (non-hydrogen) atoms. The number of nitrogens with zero attached hydrogens (tertiary/aromatic N) is 2. The van der Waals surface area contributed by atoms with Crippen LogP contribution in [-0.2, 0) is 5.88 Å². The van der Waals surface area contributed by atoms with Crippen LogP contribution in [0.5, 0.6) is 0 Å².